The molecule has 5 heteroatoms. The Morgan fingerprint density at radius 1 is 1.07 bits per heavy atom. The maximum atomic E-state index is 13.3. The van der Waals surface area contributed by atoms with E-state index in [0.29, 0.717) is 30.4 Å². The number of carbonyl (C=O) groups is 1. The van der Waals surface area contributed by atoms with Crippen molar-refractivity contribution in [2.45, 2.75) is 13.5 Å². The van der Waals surface area contributed by atoms with Crippen molar-refractivity contribution in [2.75, 3.05) is 16.8 Å². The van der Waals surface area contributed by atoms with E-state index in [2.05, 4.69) is 21.9 Å². The Morgan fingerprint density at radius 3 is 2.41 bits per heavy atom. The van der Waals surface area contributed by atoms with E-state index in [1.807, 2.05) is 60.7 Å². The van der Waals surface area contributed by atoms with Crippen molar-refractivity contribution < 1.29 is 4.79 Å². The van der Waals surface area contributed by atoms with Crippen LogP contribution in [-0.4, -0.2) is 22.4 Å². The van der Waals surface area contributed by atoms with Crippen LogP contribution >= 0.6 is 0 Å². The third kappa shape index (κ3) is 4.79. The average molecular weight is 358 g/mol. The number of nitrogens with one attached hydrogen (secondary N) is 1. The third-order valence-corrected chi connectivity index (χ3v) is 3.98. The maximum Gasteiger partial charge on any atom is 0.277 e. The minimum Gasteiger partial charge on any atom is -0.366 e. The highest BCUT2D eigenvalue weighted by atomic mass is 16.2. The molecule has 0 saturated heterocycles. The number of aromatic nitrogens is 2. The molecule has 0 spiro atoms. The molecule has 5 nitrogen and oxygen atoms in total. The molecule has 3 aromatic rings. The highest BCUT2D eigenvalue weighted by molar-refractivity contribution is 6.05. The van der Waals surface area contributed by atoms with Crippen molar-refractivity contribution in [2.24, 2.45) is 0 Å². The lowest BCUT2D eigenvalue weighted by atomic mass is 10.1. The molecule has 1 heterocycles. The SMILES string of the molecule is C=CCNc1cc(C(=O)N(Cc2ccccc2)c2ccccc2)nc(C)n1. The summed E-state index contributed by atoms with van der Waals surface area (Å²) < 4.78 is 0. The number of hydrogen-bond acceptors (Lipinski definition) is 4. The van der Waals surface area contributed by atoms with Gasteiger partial charge in [0.05, 0.1) is 6.54 Å². The molecule has 0 aliphatic rings. The van der Waals surface area contributed by atoms with Gasteiger partial charge in [-0.25, -0.2) is 9.97 Å². The van der Waals surface area contributed by atoms with Crippen LogP contribution in [0, 0.1) is 6.92 Å². The Labute approximate surface area is 159 Å². The third-order valence-electron chi connectivity index (χ3n) is 3.98. The molecule has 0 unspecified atom stereocenters. The number of para-hydroxylation sites is 1. The van der Waals surface area contributed by atoms with Gasteiger partial charge in [0.2, 0.25) is 0 Å². The van der Waals surface area contributed by atoms with E-state index < -0.39 is 0 Å². The van der Waals surface area contributed by atoms with Crippen molar-refractivity contribution >= 4 is 17.4 Å². The Balaban J connectivity index is 1.95. The zero-order valence-corrected chi connectivity index (χ0v) is 15.3. The Morgan fingerprint density at radius 2 is 1.74 bits per heavy atom. The van der Waals surface area contributed by atoms with Gasteiger partial charge < -0.3 is 10.2 Å². The van der Waals surface area contributed by atoms with Gasteiger partial charge in [-0.2, -0.15) is 0 Å². The monoisotopic (exact) mass is 358 g/mol. The summed E-state index contributed by atoms with van der Waals surface area (Å²) in [5.74, 6) is 0.982. The van der Waals surface area contributed by atoms with Crippen LogP contribution in [0.3, 0.4) is 0 Å². The van der Waals surface area contributed by atoms with Crippen molar-refractivity contribution in [3.8, 4) is 0 Å². The topological polar surface area (TPSA) is 58.1 Å². The normalized spacial score (nSPS) is 10.3. The molecule has 0 saturated carbocycles. The average Bonchev–Trinajstić information content (AvgIpc) is 2.71. The van der Waals surface area contributed by atoms with Gasteiger partial charge in [0, 0.05) is 18.3 Å². The first-order chi connectivity index (χ1) is 13.2. The highest BCUT2D eigenvalue weighted by Crippen LogP contribution is 2.20. The summed E-state index contributed by atoms with van der Waals surface area (Å²) in [5, 5.41) is 3.12. The van der Waals surface area contributed by atoms with Crippen LogP contribution in [0.15, 0.2) is 79.4 Å². The summed E-state index contributed by atoms with van der Waals surface area (Å²) in [6, 6.07) is 21.2. The number of aryl methyl sites for hydroxylation is 1. The zero-order valence-electron chi connectivity index (χ0n) is 15.3. The molecule has 1 N–H and O–H groups in total. The van der Waals surface area contributed by atoms with Gasteiger partial charge in [0.25, 0.3) is 5.91 Å². The summed E-state index contributed by atoms with van der Waals surface area (Å²) >= 11 is 0. The van der Waals surface area contributed by atoms with E-state index in [0.717, 1.165) is 11.3 Å². The van der Waals surface area contributed by atoms with Crippen LogP contribution in [0.1, 0.15) is 21.9 Å². The number of hydrogen-bond donors (Lipinski definition) is 1. The van der Waals surface area contributed by atoms with Crippen molar-refractivity contribution in [3.05, 3.63) is 96.5 Å². The molecular weight excluding hydrogens is 336 g/mol. The quantitative estimate of drug-likeness (QED) is 0.642. The lowest BCUT2D eigenvalue weighted by Gasteiger charge is -2.23. The lowest BCUT2D eigenvalue weighted by molar-refractivity contribution is 0.0980. The molecule has 0 atom stereocenters. The molecular formula is C22H22N4O. The summed E-state index contributed by atoms with van der Waals surface area (Å²) in [6.07, 6.45) is 1.74. The van der Waals surface area contributed by atoms with Crippen molar-refractivity contribution in [1.82, 2.24) is 9.97 Å². The van der Waals surface area contributed by atoms with E-state index in [1.165, 1.54) is 0 Å². The lowest BCUT2D eigenvalue weighted by Crippen LogP contribution is -2.31. The number of nitrogens with zero attached hydrogens (tertiary/aromatic N) is 3. The van der Waals surface area contributed by atoms with E-state index in [1.54, 1.807) is 24.0 Å². The second-order valence-electron chi connectivity index (χ2n) is 6.07. The molecule has 0 fully saturated rings. The van der Waals surface area contributed by atoms with Crippen LogP contribution in [0.4, 0.5) is 11.5 Å². The zero-order chi connectivity index (χ0) is 19.1. The van der Waals surface area contributed by atoms with Gasteiger partial charge in [-0.3, -0.25) is 4.79 Å². The highest BCUT2D eigenvalue weighted by Gasteiger charge is 2.20. The molecule has 27 heavy (non-hydrogen) atoms. The van der Waals surface area contributed by atoms with Crippen LogP contribution in [0.25, 0.3) is 0 Å². The first-order valence-electron chi connectivity index (χ1n) is 8.78. The largest absolute Gasteiger partial charge is 0.366 e. The van der Waals surface area contributed by atoms with Gasteiger partial charge in [0.1, 0.15) is 17.3 Å². The van der Waals surface area contributed by atoms with Crippen molar-refractivity contribution in [1.29, 1.82) is 0 Å². The summed E-state index contributed by atoms with van der Waals surface area (Å²) in [6.45, 7) is 6.49. The minimum absolute atomic E-state index is 0.169. The van der Waals surface area contributed by atoms with Crippen LogP contribution in [-0.2, 0) is 6.54 Å². The Hall–Kier alpha value is -3.47. The van der Waals surface area contributed by atoms with Gasteiger partial charge in [-0.05, 0) is 24.6 Å². The number of amides is 1. The molecule has 0 bridgehead atoms. The fourth-order valence-corrected chi connectivity index (χ4v) is 2.74. The standard InChI is InChI=1S/C22H22N4O/c1-3-14-23-21-15-20(24-17(2)25-21)22(27)26(19-12-8-5-9-13-19)16-18-10-6-4-7-11-18/h3-13,15H,1,14,16H2,2H3,(H,23,24,25). The van der Waals surface area contributed by atoms with E-state index in [-0.39, 0.29) is 5.91 Å². The molecule has 2 aromatic carbocycles. The summed E-state index contributed by atoms with van der Waals surface area (Å²) in [5.41, 5.74) is 2.22. The summed E-state index contributed by atoms with van der Waals surface area (Å²) in [7, 11) is 0. The van der Waals surface area contributed by atoms with Crippen LogP contribution < -0.4 is 10.2 Å². The number of anilines is 2. The first-order valence-corrected chi connectivity index (χ1v) is 8.78. The summed E-state index contributed by atoms with van der Waals surface area (Å²) in [4.78, 5) is 23.7. The number of carbonyl (C=O) groups excluding carboxylic acids is 1. The van der Waals surface area contributed by atoms with Gasteiger partial charge in [0.15, 0.2) is 0 Å². The molecule has 3 rings (SSSR count). The number of rotatable bonds is 7. The second kappa shape index (κ2) is 8.76. The van der Waals surface area contributed by atoms with Gasteiger partial charge >= 0.3 is 0 Å². The predicted octanol–water partition coefficient (Wildman–Crippen LogP) is 4.23. The molecule has 136 valence electrons. The fourth-order valence-electron chi connectivity index (χ4n) is 2.74. The molecule has 0 aliphatic carbocycles. The molecule has 0 aliphatic heterocycles. The smallest absolute Gasteiger partial charge is 0.277 e. The molecule has 1 amide bonds. The van der Waals surface area contributed by atoms with E-state index >= 15 is 0 Å². The van der Waals surface area contributed by atoms with Gasteiger partial charge in [-0.15, -0.1) is 6.58 Å². The maximum absolute atomic E-state index is 13.3. The molecule has 1 aromatic heterocycles. The van der Waals surface area contributed by atoms with Gasteiger partial charge in [-0.1, -0.05) is 54.6 Å². The van der Waals surface area contributed by atoms with Crippen LogP contribution in [0.5, 0.6) is 0 Å². The van der Waals surface area contributed by atoms with Crippen molar-refractivity contribution in [3.63, 3.8) is 0 Å². The van der Waals surface area contributed by atoms with Crippen LogP contribution in [0.2, 0.25) is 0 Å². The molecule has 0 radical (unpaired) electrons. The minimum atomic E-state index is -0.169. The van der Waals surface area contributed by atoms with E-state index in [9.17, 15) is 4.79 Å². The first kappa shape index (κ1) is 18.3. The number of benzene rings is 2. The Kier molecular flexibility index (Phi) is 5.94. The second-order valence-corrected chi connectivity index (χ2v) is 6.07. The predicted molar refractivity (Wildman–Crippen MR) is 109 cm³/mol. The Bertz CT molecular complexity index is 910. The van der Waals surface area contributed by atoms with E-state index in [4.69, 9.17) is 0 Å². The fraction of sp³-hybridized carbons (Fsp3) is 0.136.